The lowest BCUT2D eigenvalue weighted by molar-refractivity contribution is 0.402. The number of hydrogen-bond acceptors (Lipinski definition) is 3. The van der Waals surface area contributed by atoms with Gasteiger partial charge in [0, 0.05) is 17.7 Å². The third kappa shape index (κ3) is 3.64. The average molecular weight is 355 g/mol. The van der Waals surface area contributed by atoms with Crippen molar-refractivity contribution in [3.8, 4) is 0 Å². The summed E-state index contributed by atoms with van der Waals surface area (Å²) in [4.78, 5) is 9.77. The molecule has 0 saturated carbocycles. The summed E-state index contributed by atoms with van der Waals surface area (Å²) in [6.07, 6.45) is 1.09. The lowest BCUT2D eigenvalue weighted by Crippen LogP contribution is -2.24. The molecule has 0 bridgehead atoms. The monoisotopic (exact) mass is 355 g/mol. The quantitative estimate of drug-likeness (QED) is 0.622. The van der Waals surface area contributed by atoms with E-state index in [-0.39, 0.29) is 0 Å². The molecule has 0 atom stereocenters. The van der Waals surface area contributed by atoms with Crippen LogP contribution in [0.15, 0.2) is 83.9 Å². The van der Waals surface area contributed by atoms with Gasteiger partial charge in [0.15, 0.2) is 0 Å². The molecule has 0 N–H and O–H groups in total. The molecule has 3 aromatic rings. The van der Waals surface area contributed by atoms with Gasteiger partial charge in [-0.05, 0) is 45.3 Å². The minimum Gasteiger partial charge on any atom is -0.339 e. The van der Waals surface area contributed by atoms with Crippen LogP contribution in [0.3, 0.4) is 0 Å². The molecule has 136 valence electrons. The van der Waals surface area contributed by atoms with Gasteiger partial charge in [0.25, 0.3) is 0 Å². The Morgan fingerprint density at radius 1 is 0.778 bits per heavy atom. The van der Waals surface area contributed by atoms with E-state index in [1.54, 1.807) is 0 Å². The van der Waals surface area contributed by atoms with Crippen molar-refractivity contribution in [1.29, 1.82) is 0 Å². The number of para-hydroxylation sites is 3. The number of rotatable bonds is 5. The highest BCUT2D eigenvalue weighted by atomic mass is 15.2. The van der Waals surface area contributed by atoms with Gasteiger partial charge in [-0.15, -0.1) is 0 Å². The summed E-state index contributed by atoms with van der Waals surface area (Å²) < 4.78 is 0. The van der Waals surface area contributed by atoms with E-state index in [9.17, 15) is 0 Å². The summed E-state index contributed by atoms with van der Waals surface area (Å²) in [5.41, 5.74) is 6.80. The Hall–Kier alpha value is -2.91. The molecule has 4 rings (SSSR count). The summed E-state index contributed by atoms with van der Waals surface area (Å²) in [5.74, 6) is 0. The largest absolute Gasteiger partial charge is 0.339 e. The Morgan fingerprint density at radius 2 is 1.44 bits per heavy atom. The molecule has 3 aromatic carbocycles. The molecule has 1 aliphatic heterocycles. The van der Waals surface area contributed by atoms with Crippen LogP contribution in [0.2, 0.25) is 0 Å². The number of hydrogen-bond donors (Lipinski definition) is 0. The summed E-state index contributed by atoms with van der Waals surface area (Å²) in [7, 11) is 4.25. The smallest absolute Gasteiger partial charge is 0.0874 e. The molecule has 0 unspecified atom stereocenters. The van der Waals surface area contributed by atoms with Gasteiger partial charge in [0.2, 0.25) is 0 Å². The zero-order chi connectivity index (χ0) is 18.6. The van der Waals surface area contributed by atoms with Crippen molar-refractivity contribution in [1.82, 2.24) is 4.90 Å². The van der Waals surface area contributed by atoms with Gasteiger partial charge < -0.3 is 9.80 Å². The Morgan fingerprint density at radius 3 is 2.22 bits per heavy atom. The zero-order valence-electron chi connectivity index (χ0n) is 16.0. The maximum atomic E-state index is 5.11. The van der Waals surface area contributed by atoms with Gasteiger partial charge in [-0.2, -0.15) is 0 Å². The SMILES string of the molecule is CN(C)CCCN1c2ccccc2N=C(c2ccccc2)c2ccccc21. The Balaban J connectivity index is 1.86. The number of benzene rings is 3. The van der Waals surface area contributed by atoms with Crippen molar-refractivity contribution < 1.29 is 0 Å². The molecular formula is C24H25N3. The fourth-order valence-corrected chi connectivity index (χ4v) is 3.61. The van der Waals surface area contributed by atoms with Gasteiger partial charge in [-0.3, -0.25) is 0 Å². The topological polar surface area (TPSA) is 18.8 Å². The first kappa shape index (κ1) is 17.5. The van der Waals surface area contributed by atoms with Crippen molar-refractivity contribution in [2.24, 2.45) is 4.99 Å². The first-order valence-corrected chi connectivity index (χ1v) is 9.49. The van der Waals surface area contributed by atoms with E-state index in [2.05, 4.69) is 96.7 Å². The standard InChI is InChI=1S/C24H25N3/c1-26(2)17-10-18-27-22-15-8-6-13-20(22)24(19-11-4-3-5-12-19)25-21-14-7-9-16-23(21)27/h3-9,11-16H,10,17-18H2,1-2H3. The van der Waals surface area contributed by atoms with Crippen LogP contribution in [0.5, 0.6) is 0 Å². The molecule has 0 radical (unpaired) electrons. The Labute approximate surface area is 161 Å². The molecule has 0 amide bonds. The van der Waals surface area contributed by atoms with Gasteiger partial charge >= 0.3 is 0 Å². The van der Waals surface area contributed by atoms with E-state index in [1.165, 1.54) is 16.9 Å². The summed E-state index contributed by atoms with van der Waals surface area (Å²) in [5, 5.41) is 0. The third-order valence-corrected chi connectivity index (χ3v) is 4.89. The predicted molar refractivity (Wildman–Crippen MR) is 115 cm³/mol. The first-order valence-electron chi connectivity index (χ1n) is 9.49. The van der Waals surface area contributed by atoms with Crippen LogP contribution in [0.25, 0.3) is 0 Å². The fraction of sp³-hybridized carbons (Fsp3) is 0.208. The minimum absolute atomic E-state index is 0.962. The van der Waals surface area contributed by atoms with Gasteiger partial charge in [-0.1, -0.05) is 60.7 Å². The molecular weight excluding hydrogens is 330 g/mol. The van der Waals surface area contributed by atoms with Gasteiger partial charge in [-0.25, -0.2) is 4.99 Å². The molecule has 3 heteroatoms. The molecule has 3 nitrogen and oxygen atoms in total. The number of nitrogens with zero attached hydrogens (tertiary/aromatic N) is 3. The number of anilines is 2. The van der Waals surface area contributed by atoms with Crippen molar-refractivity contribution in [2.75, 3.05) is 32.1 Å². The van der Waals surface area contributed by atoms with Crippen molar-refractivity contribution in [3.05, 3.63) is 90.0 Å². The third-order valence-electron chi connectivity index (χ3n) is 4.89. The second-order valence-electron chi connectivity index (χ2n) is 7.14. The number of fused-ring (bicyclic) bond motifs is 2. The molecule has 0 aromatic heterocycles. The van der Waals surface area contributed by atoms with Crippen molar-refractivity contribution >= 4 is 22.8 Å². The fourth-order valence-electron chi connectivity index (χ4n) is 3.61. The van der Waals surface area contributed by atoms with Crippen LogP contribution in [0, 0.1) is 0 Å². The molecule has 0 saturated heterocycles. The van der Waals surface area contributed by atoms with Crippen LogP contribution >= 0.6 is 0 Å². The van der Waals surface area contributed by atoms with E-state index in [0.29, 0.717) is 0 Å². The van der Waals surface area contributed by atoms with E-state index in [4.69, 9.17) is 4.99 Å². The molecule has 0 fully saturated rings. The minimum atomic E-state index is 0.962. The van der Waals surface area contributed by atoms with Crippen LogP contribution in [0.1, 0.15) is 17.5 Å². The van der Waals surface area contributed by atoms with E-state index >= 15 is 0 Å². The summed E-state index contributed by atoms with van der Waals surface area (Å²) >= 11 is 0. The molecule has 27 heavy (non-hydrogen) atoms. The highest BCUT2D eigenvalue weighted by molar-refractivity contribution is 6.18. The Kier molecular flexibility index (Phi) is 5.03. The zero-order valence-corrected chi connectivity index (χ0v) is 16.0. The van der Waals surface area contributed by atoms with Crippen LogP contribution in [0.4, 0.5) is 17.1 Å². The first-order chi connectivity index (χ1) is 13.2. The second kappa shape index (κ2) is 7.77. The highest BCUT2D eigenvalue weighted by Crippen LogP contribution is 2.40. The van der Waals surface area contributed by atoms with Gasteiger partial charge in [0.05, 0.1) is 22.8 Å². The lowest BCUT2D eigenvalue weighted by Gasteiger charge is -2.27. The normalized spacial score (nSPS) is 13.0. The highest BCUT2D eigenvalue weighted by Gasteiger charge is 2.23. The van der Waals surface area contributed by atoms with E-state index < -0.39 is 0 Å². The van der Waals surface area contributed by atoms with Crippen molar-refractivity contribution in [2.45, 2.75) is 6.42 Å². The van der Waals surface area contributed by atoms with E-state index in [1.807, 2.05) is 6.07 Å². The maximum Gasteiger partial charge on any atom is 0.0874 e. The van der Waals surface area contributed by atoms with Crippen LogP contribution < -0.4 is 4.90 Å². The summed E-state index contributed by atoms with van der Waals surface area (Å²) in [6.45, 7) is 2.02. The summed E-state index contributed by atoms with van der Waals surface area (Å²) in [6, 6.07) is 27.6. The average Bonchev–Trinajstić information content (AvgIpc) is 2.84. The van der Waals surface area contributed by atoms with Gasteiger partial charge in [0.1, 0.15) is 0 Å². The van der Waals surface area contributed by atoms with Crippen molar-refractivity contribution in [3.63, 3.8) is 0 Å². The predicted octanol–water partition coefficient (Wildman–Crippen LogP) is 5.26. The molecule has 0 aliphatic carbocycles. The second-order valence-corrected chi connectivity index (χ2v) is 7.14. The van der Waals surface area contributed by atoms with E-state index in [0.717, 1.165) is 36.5 Å². The molecule has 1 aliphatic rings. The maximum absolute atomic E-state index is 5.11. The lowest BCUT2D eigenvalue weighted by atomic mass is 10.00. The molecule has 1 heterocycles. The molecule has 0 spiro atoms. The van der Waals surface area contributed by atoms with Crippen LogP contribution in [-0.4, -0.2) is 37.8 Å². The van der Waals surface area contributed by atoms with Crippen LogP contribution in [-0.2, 0) is 0 Å². The number of aliphatic imine (C=N–C) groups is 1. The Bertz CT molecular complexity index is 945.